The van der Waals surface area contributed by atoms with Crippen LogP contribution in [0.5, 0.6) is 0 Å². The zero-order valence-corrected chi connectivity index (χ0v) is 11.2. The van der Waals surface area contributed by atoms with Crippen LogP contribution in [0.2, 0.25) is 0 Å². The minimum absolute atomic E-state index is 0.112. The molecule has 2 fully saturated rings. The first-order valence-corrected chi connectivity index (χ1v) is 6.80. The summed E-state index contributed by atoms with van der Waals surface area (Å²) in [4.78, 5) is 18.5. The SMILES string of the molecule is CC1(C)C2CNCC2CN1c1ncnc2nc[nH]c12. The third-order valence-corrected chi connectivity index (χ3v) is 4.82. The second-order valence-electron chi connectivity index (χ2n) is 6.09. The molecule has 0 amide bonds. The third kappa shape index (κ3) is 1.43. The molecule has 0 radical (unpaired) electrons. The maximum atomic E-state index is 4.51. The van der Waals surface area contributed by atoms with E-state index in [1.807, 2.05) is 0 Å². The van der Waals surface area contributed by atoms with Gasteiger partial charge in [-0.15, -0.1) is 0 Å². The number of fused-ring (bicyclic) bond motifs is 2. The van der Waals surface area contributed by atoms with Crippen LogP contribution >= 0.6 is 0 Å². The predicted molar refractivity (Wildman–Crippen MR) is 73.0 cm³/mol. The molecule has 100 valence electrons. The van der Waals surface area contributed by atoms with Crippen molar-refractivity contribution < 1.29 is 0 Å². The van der Waals surface area contributed by atoms with E-state index in [9.17, 15) is 0 Å². The number of rotatable bonds is 1. The van der Waals surface area contributed by atoms with E-state index in [0.717, 1.165) is 36.6 Å². The average molecular weight is 258 g/mol. The summed E-state index contributed by atoms with van der Waals surface area (Å²) in [5, 5.41) is 3.50. The minimum Gasteiger partial charge on any atom is -0.349 e. The van der Waals surface area contributed by atoms with Gasteiger partial charge in [0.2, 0.25) is 0 Å². The Bertz CT molecular complexity index is 618. The lowest BCUT2D eigenvalue weighted by Crippen LogP contribution is -2.45. The molecule has 2 aromatic heterocycles. The van der Waals surface area contributed by atoms with Crippen molar-refractivity contribution in [3.63, 3.8) is 0 Å². The molecule has 0 aromatic carbocycles. The van der Waals surface area contributed by atoms with Crippen molar-refractivity contribution in [1.82, 2.24) is 25.3 Å². The van der Waals surface area contributed by atoms with Crippen LogP contribution in [0, 0.1) is 11.8 Å². The van der Waals surface area contributed by atoms with E-state index >= 15 is 0 Å². The van der Waals surface area contributed by atoms with Crippen molar-refractivity contribution in [2.24, 2.45) is 11.8 Å². The van der Waals surface area contributed by atoms with Crippen molar-refractivity contribution in [3.05, 3.63) is 12.7 Å². The third-order valence-electron chi connectivity index (χ3n) is 4.82. The van der Waals surface area contributed by atoms with Gasteiger partial charge in [-0.25, -0.2) is 15.0 Å². The fraction of sp³-hybridized carbons (Fsp3) is 0.615. The fourth-order valence-corrected chi connectivity index (χ4v) is 3.74. The van der Waals surface area contributed by atoms with Gasteiger partial charge in [0.1, 0.15) is 11.8 Å². The lowest BCUT2D eigenvalue weighted by atomic mass is 9.85. The lowest BCUT2D eigenvalue weighted by Gasteiger charge is -2.36. The number of imidazole rings is 1. The molecule has 2 aromatic rings. The second-order valence-corrected chi connectivity index (χ2v) is 6.09. The van der Waals surface area contributed by atoms with E-state index < -0.39 is 0 Å². The Morgan fingerprint density at radius 2 is 2.16 bits per heavy atom. The number of nitrogens with one attached hydrogen (secondary N) is 2. The number of H-pyrrole nitrogens is 1. The van der Waals surface area contributed by atoms with Gasteiger partial charge in [0, 0.05) is 25.2 Å². The molecule has 4 heterocycles. The molecular formula is C13H18N6. The quantitative estimate of drug-likeness (QED) is 0.791. The van der Waals surface area contributed by atoms with E-state index in [1.54, 1.807) is 12.7 Å². The Hall–Kier alpha value is -1.69. The number of aromatic nitrogens is 4. The topological polar surface area (TPSA) is 69.7 Å². The molecular weight excluding hydrogens is 240 g/mol. The molecule has 4 rings (SSSR count). The van der Waals surface area contributed by atoms with Crippen LogP contribution in [-0.4, -0.2) is 45.1 Å². The van der Waals surface area contributed by atoms with Gasteiger partial charge in [-0.05, 0) is 25.7 Å². The molecule has 2 atom stereocenters. The van der Waals surface area contributed by atoms with Crippen molar-refractivity contribution >= 4 is 17.0 Å². The van der Waals surface area contributed by atoms with E-state index in [4.69, 9.17) is 0 Å². The van der Waals surface area contributed by atoms with Gasteiger partial charge in [-0.3, -0.25) is 0 Å². The Balaban J connectivity index is 1.82. The molecule has 2 saturated heterocycles. The van der Waals surface area contributed by atoms with Gasteiger partial charge in [0.05, 0.1) is 6.33 Å². The van der Waals surface area contributed by atoms with Crippen LogP contribution in [0.25, 0.3) is 11.2 Å². The lowest BCUT2D eigenvalue weighted by molar-refractivity contribution is 0.356. The van der Waals surface area contributed by atoms with Crippen LogP contribution in [0.15, 0.2) is 12.7 Å². The summed E-state index contributed by atoms with van der Waals surface area (Å²) >= 11 is 0. The molecule has 19 heavy (non-hydrogen) atoms. The van der Waals surface area contributed by atoms with Crippen LogP contribution in [0.1, 0.15) is 13.8 Å². The van der Waals surface area contributed by atoms with Crippen molar-refractivity contribution in [3.8, 4) is 0 Å². The Kier molecular flexibility index (Phi) is 2.15. The van der Waals surface area contributed by atoms with Gasteiger partial charge in [0.15, 0.2) is 11.5 Å². The van der Waals surface area contributed by atoms with E-state index in [-0.39, 0.29) is 5.54 Å². The molecule has 2 N–H and O–H groups in total. The molecule has 0 aliphatic carbocycles. The highest BCUT2D eigenvalue weighted by Gasteiger charge is 2.50. The zero-order valence-electron chi connectivity index (χ0n) is 11.2. The van der Waals surface area contributed by atoms with Crippen molar-refractivity contribution in [1.29, 1.82) is 0 Å². The molecule has 6 nitrogen and oxygen atoms in total. The van der Waals surface area contributed by atoms with Gasteiger partial charge >= 0.3 is 0 Å². The largest absolute Gasteiger partial charge is 0.349 e. The summed E-state index contributed by atoms with van der Waals surface area (Å²) in [6, 6.07) is 0. The van der Waals surface area contributed by atoms with Gasteiger partial charge in [-0.1, -0.05) is 0 Å². The maximum absolute atomic E-state index is 4.51. The van der Waals surface area contributed by atoms with Crippen molar-refractivity contribution in [2.45, 2.75) is 19.4 Å². The molecule has 0 bridgehead atoms. The van der Waals surface area contributed by atoms with Gasteiger partial charge in [0.25, 0.3) is 0 Å². The minimum atomic E-state index is 0.112. The molecule has 0 saturated carbocycles. The number of nitrogens with zero attached hydrogens (tertiary/aromatic N) is 4. The molecule has 2 aliphatic heterocycles. The standard InChI is InChI=1S/C13H18N6/c1-13(2)9-4-14-3-8(9)5-19(13)12-10-11(16-6-15-10)17-7-18-12/h6-9,14H,3-5H2,1-2H3,(H,15,16,17,18). The Morgan fingerprint density at radius 3 is 3.00 bits per heavy atom. The molecule has 0 spiro atoms. The van der Waals surface area contributed by atoms with E-state index in [1.165, 1.54) is 0 Å². The van der Waals surface area contributed by atoms with E-state index in [2.05, 4.69) is 44.0 Å². The highest BCUT2D eigenvalue weighted by Crippen LogP contribution is 2.43. The Labute approximate surface area is 111 Å². The van der Waals surface area contributed by atoms with Crippen LogP contribution in [0.4, 0.5) is 5.82 Å². The molecule has 2 aliphatic rings. The number of anilines is 1. The summed E-state index contributed by atoms with van der Waals surface area (Å²) in [7, 11) is 0. The normalized spacial score (nSPS) is 29.1. The number of hydrogen-bond acceptors (Lipinski definition) is 5. The predicted octanol–water partition coefficient (Wildman–Crippen LogP) is 0.787. The highest BCUT2D eigenvalue weighted by molar-refractivity contribution is 5.83. The Morgan fingerprint density at radius 1 is 1.26 bits per heavy atom. The highest BCUT2D eigenvalue weighted by atomic mass is 15.3. The summed E-state index contributed by atoms with van der Waals surface area (Å²) in [6.45, 7) is 7.90. The van der Waals surface area contributed by atoms with Crippen LogP contribution in [-0.2, 0) is 0 Å². The van der Waals surface area contributed by atoms with E-state index in [0.29, 0.717) is 11.8 Å². The first-order valence-electron chi connectivity index (χ1n) is 6.80. The van der Waals surface area contributed by atoms with Crippen LogP contribution in [0.3, 0.4) is 0 Å². The first kappa shape index (κ1) is 11.2. The van der Waals surface area contributed by atoms with Crippen molar-refractivity contribution in [2.75, 3.05) is 24.5 Å². The second kappa shape index (κ2) is 3.66. The number of aromatic amines is 1. The molecule has 6 heteroatoms. The summed E-state index contributed by atoms with van der Waals surface area (Å²) in [5.74, 6) is 2.38. The smallest absolute Gasteiger partial charge is 0.182 e. The summed E-state index contributed by atoms with van der Waals surface area (Å²) < 4.78 is 0. The maximum Gasteiger partial charge on any atom is 0.182 e. The van der Waals surface area contributed by atoms with Gasteiger partial charge < -0.3 is 15.2 Å². The fourth-order valence-electron chi connectivity index (χ4n) is 3.74. The molecule has 2 unspecified atom stereocenters. The summed E-state index contributed by atoms with van der Waals surface area (Å²) in [5.41, 5.74) is 1.81. The van der Waals surface area contributed by atoms with Gasteiger partial charge in [-0.2, -0.15) is 0 Å². The van der Waals surface area contributed by atoms with Crippen LogP contribution < -0.4 is 10.2 Å². The monoisotopic (exact) mass is 258 g/mol. The zero-order chi connectivity index (χ0) is 13.0. The summed E-state index contributed by atoms with van der Waals surface area (Å²) in [6.07, 6.45) is 3.30. The average Bonchev–Trinajstić information content (AvgIpc) is 3.06. The first-order chi connectivity index (χ1) is 9.18. The number of hydrogen-bond donors (Lipinski definition) is 2.